The van der Waals surface area contributed by atoms with Crippen LogP contribution in [-0.4, -0.2) is 0 Å². The molecule has 0 aromatic heterocycles. The van der Waals surface area contributed by atoms with Crippen molar-refractivity contribution >= 4 is 16.8 Å². The van der Waals surface area contributed by atoms with Crippen molar-refractivity contribution in [2.24, 2.45) is 0 Å². The van der Waals surface area contributed by atoms with Crippen molar-refractivity contribution in [2.45, 2.75) is 6.42 Å². The van der Waals surface area contributed by atoms with Gasteiger partial charge in [0, 0.05) is 0 Å². The van der Waals surface area contributed by atoms with Gasteiger partial charge in [0.05, 0.1) is 0 Å². The van der Waals surface area contributed by atoms with Gasteiger partial charge in [0.25, 0.3) is 0 Å². The second kappa shape index (κ2) is 4.42. The fourth-order valence-corrected chi connectivity index (χ4v) is 2.27. The van der Waals surface area contributed by atoms with E-state index in [1.165, 1.54) is 21.9 Å². The van der Waals surface area contributed by atoms with Crippen LogP contribution < -0.4 is 0 Å². The maximum atomic E-state index is 2.23. The highest BCUT2D eigenvalue weighted by molar-refractivity contribution is 5.92. The summed E-state index contributed by atoms with van der Waals surface area (Å²) in [7, 11) is 0. The van der Waals surface area contributed by atoms with Crippen molar-refractivity contribution in [3.05, 3.63) is 77.9 Å². The molecule has 0 aliphatic heterocycles. The van der Waals surface area contributed by atoms with Crippen LogP contribution in [0.25, 0.3) is 16.8 Å². The first kappa shape index (κ1) is 10.1. The molecule has 3 rings (SSSR count). The molecule has 1 aliphatic carbocycles. The van der Waals surface area contributed by atoms with Crippen LogP contribution in [0.1, 0.15) is 11.1 Å². The van der Waals surface area contributed by atoms with Gasteiger partial charge < -0.3 is 0 Å². The highest BCUT2D eigenvalue weighted by Crippen LogP contribution is 2.25. The third-order valence-corrected chi connectivity index (χ3v) is 3.13. The molecule has 0 unspecified atom stereocenters. The zero-order valence-electron chi connectivity index (χ0n) is 9.64. The normalized spacial score (nSPS) is 19.8. The standard InChI is InChI=1S/C17H14/c1-2-4-8-14-12-13-15-9-6-7-11-17(15)16(14)10-5-3-1/h1-7,9-13H,8H2/b3-1-,4-2-,10-5-. The van der Waals surface area contributed by atoms with E-state index in [4.69, 9.17) is 0 Å². The lowest BCUT2D eigenvalue weighted by atomic mass is 9.97. The molecule has 0 N–H and O–H groups in total. The Morgan fingerprint density at radius 2 is 1.65 bits per heavy atom. The molecule has 2 aromatic rings. The first-order valence-corrected chi connectivity index (χ1v) is 5.96. The summed E-state index contributed by atoms with van der Waals surface area (Å²) in [6, 6.07) is 13.0. The average Bonchev–Trinajstić information content (AvgIpc) is 2.50. The topological polar surface area (TPSA) is 0 Å². The van der Waals surface area contributed by atoms with Crippen molar-refractivity contribution in [3.8, 4) is 0 Å². The summed E-state index contributed by atoms with van der Waals surface area (Å²) >= 11 is 0. The molecule has 17 heavy (non-hydrogen) atoms. The van der Waals surface area contributed by atoms with Gasteiger partial charge in [0.2, 0.25) is 0 Å². The Hall–Kier alpha value is -2.08. The quantitative estimate of drug-likeness (QED) is 0.609. The SMILES string of the molecule is C1=C\C=C/c2c(ccc3ccccc23)C\C=C/1. The van der Waals surface area contributed by atoms with E-state index in [2.05, 4.69) is 72.9 Å². The van der Waals surface area contributed by atoms with Gasteiger partial charge in [0.1, 0.15) is 0 Å². The van der Waals surface area contributed by atoms with E-state index in [-0.39, 0.29) is 0 Å². The van der Waals surface area contributed by atoms with Crippen LogP contribution in [0.4, 0.5) is 0 Å². The number of hydrogen-bond acceptors (Lipinski definition) is 0. The summed E-state index contributed by atoms with van der Waals surface area (Å²) in [5.41, 5.74) is 2.74. The van der Waals surface area contributed by atoms with E-state index in [1.807, 2.05) is 0 Å². The summed E-state index contributed by atoms with van der Waals surface area (Å²) in [5, 5.41) is 2.65. The van der Waals surface area contributed by atoms with Gasteiger partial charge in [-0.3, -0.25) is 0 Å². The van der Waals surface area contributed by atoms with Crippen LogP contribution in [0.15, 0.2) is 66.8 Å². The Balaban J connectivity index is 2.29. The van der Waals surface area contributed by atoms with Gasteiger partial charge in [-0.15, -0.1) is 0 Å². The summed E-state index contributed by atoms with van der Waals surface area (Å²) in [6.07, 6.45) is 13.8. The van der Waals surface area contributed by atoms with Crippen LogP contribution in [0.3, 0.4) is 0 Å². The van der Waals surface area contributed by atoms with Crippen LogP contribution in [0.5, 0.6) is 0 Å². The van der Waals surface area contributed by atoms with E-state index in [9.17, 15) is 0 Å². The van der Waals surface area contributed by atoms with Gasteiger partial charge in [-0.25, -0.2) is 0 Å². The first-order valence-electron chi connectivity index (χ1n) is 5.96. The van der Waals surface area contributed by atoms with Crippen LogP contribution in [0, 0.1) is 0 Å². The fourth-order valence-electron chi connectivity index (χ4n) is 2.27. The molecule has 0 spiro atoms. The van der Waals surface area contributed by atoms with Crippen LogP contribution in [-0.2, 0) is 6.42 Å². The zero-order valence-corrected chi connectivity index (χ0v) is 9.64. The predicted molar refractivity (Wildman–Crippen MR) is 75.0 cm³/mol. The molecular formula is C17H14. The maximum absolute atomic E-state index is 2.23. The molecule has 0 amide bonds. The molecule has 0 atom stereocenters. The number of hydrogen-bond donors (Lipinski definition) is 0. The number of benzene rings is 2. The molecule has 0 heteroatoms. The lowest BCUT2D eigenvalue weighted by Crippen LogP contribution is -1.88. The van der Waals surface area contributed by atoms with E-state index in [0.717, 1.165) is 6.42 Å². The van der Waals surface area contributed by atoms with E-state index < -0.39 is 0 Å². The number of allylic oxidation sites excluding steroid dienone is 5. The predicted octanol–water partition coefficient (Wildman–Crippen LogP) is 4.52. The summed E-state index contributed by atoms with van der Waals surface area (Å²) < 4.78 is 0. The molecule has 0 radical (unpaired) electrons. The van der Waals surface area contributed by atoms with Gasteiger partial charge in [-0.2, -0.15) is 0 Å². The Morgan fingerprint density at radius 3 is 2.65 bits per heavy atom. The third-order valence-electron chi connectivity index (χ3n) is 3.13. The molecule has 82 valence electrons. The second-order valence-corrected chi connectivity index (χ2v) is 4.24. The highest BCUT2D eigenvalue weighted by Gasteiger charge is 2.03. The van der Waals surface area contributed by atoms with Crippen molar-refractivity contribution in [2.75, 3.05) is 0 Å². The number of rotatable bonds is 0. The summed E-state index contributed by atoms with van der Waals surface area (Å²) in [5.74, 6) is 0. The van der Waals surface area contributed by atoms with E-state index in [1.54, 1.807) is 0 Å². The molecule has 1 aliphatic rings. The Bertz CT molecular complexity index is 628. The van der Waals surface area contributed by atoms with Gasteiger partial charge in [-0.05, 0) is 28.3 Å². The molecule has 2 aromatic carbocycles. The molecule has 0 bridgehead atoms. The Labute approximate surface area is 102 Å². The first-order chi connectivity index (χ1) is 8.45. The minimum Gasteiger partial charge on any atom is -0.0801 e. The smallest absolute Gasteiger partial charge is 0.00882 e. The van der Waals surface area contributed by atoms with Crippen molar-refractivity contribution in [3.63, 3.8) is 0 Å². The fraction of sp³-hybridized carbons (Fsp3) is 0.0588. The zero-order chi connectivity index (χ0) is 11.5. The minimum atomic E-state index is 0.995. The number of fused-ring (bicyclic) bond motifs is 3. The van der Waals surface area contributed by atoms with Gasteiger partial charge in [-0.1, -0.05) is 72.9 Å². The molecule has 0 nitrogen and oxygen atoms in total. The summed E-state index contributed by atoms with van der Waals surface area (Å²) in [6.45, 7) is 0. The molecule has 0 heterocycles. The third kappa shape index (κ3) is 1.94. The molecular weight excluding hydrogens is 204 g/mol. The second-order valence-electron chi connectivity index (χ2n) is 4.24. The monoisotopic (exact) mass is 218 g/mol. The van der Waals surface area contributed by atoms with Crippen molar-refractivity contribution < 1.29 is 0 Å². The average molecular weight is 218 g/mol. The van der Waals surface area contributed by atoms with Gasteiger partial charge in [0.15, 0.2) is 0 Å². The van der Waals surface area contributed by atoms with Gasteiger partial charge >= 0.3 is 0 Å². The Morgan fingerprint density at radius 1 is 0.765 bits per heavy atom. The lowest BCUT2D eigenvalue weighted by Gasteiger charge is -2.08. The lowest BCUT2D eigenvalue weighted by molar-refractivity contribution is 1.27. The van der Waals surface area contributed by atoms with E-state index >= 15 is 0 Å². The van der Waals surface area contributed by atoms with E-state index in [0.29, 0.717) is 0 Å². The molecule has 0 saturated carbocycles. The van der Waals surface area contributed by atoms with Crippen LogP contribution >= 0.6 is 0 Å². The van der Waals surface area contributed by atoms with Crippen LogP contribution in [0.2, 0.25) is 0 Å². The van der Waals surface area contributed by atoms with Crippen molar-refractivity contribution in [1.82, 2.24) is 0 Å². The minimum absolute atomic E-state index is 0.995. The summed E-state index contributed by atoms with van der Waals surface area (Å²) in [4.78, 5) is 0. The molecule has 0 fully saturated rings. The van der Waals surface area contributed by atoms with Crippen molar-refractivity contribution in [1.29, 1.82) is 0 Å². The largest absolute Gasteiger partial charge is 0.0801 e. The maximum Gasteiger partial charge on any atom is -0.00882 e. The highest BCUT2D eigenvalue weighted by atomic mass is 14.1. The Kier molecular flexibility index (Phi) is 2.63. The molecule has 0 saturated heterocycles.